The van der Waals surface area contributed by atoms with Gasteiger partial charge in [0.2, 0.25) is 0 Å². The molecule has 0 aliphatic heterocycles. The second-order valence-electron chi connectivity index (χ2n) is 4.56. The van der Waals surface area contributed by atoms with E-state index in [0.29, 0.717) is 10.8 Å². The molecule has 22 heavy (non-hydrogen) atoms. The van der Waals surface area contributed by atoms with Crippen molar-refractivity contribution < 1.29 is 19.1 Å². The van der Waals surface area contributed by atoms with Crippen LogP contribution in [0.1, 0.15) is 23.7 Å². The second kappa shape index (κ2) is 8.25. The second-order valence-corrected chi connectivity index (χ2v) is 5.00. The summed E-state index contributed by atoms with van der Waals surface area (Å²) in [6, 6.07) is 6.49. The molecule has 0 radical (unpaired) electrons. The van der Waals surface area contributed by atoms with E-state index in [9.17, 15) is 9.59 Å². The van der Waals surface area contributed by atoms with Gasteiger partial charge in [0.05, 0.1) is 19.6 Å². The van der Waals surface area contributed by atoms with Crippen molar-refractivity contribution in [2.45, 2.75) is 19.4 Å². The number of hydrogen-bond acceptors (Lipinski definition) is 5. The lowest BCUT2D eigenvalue weighted by Crippen LogP contribution is -2.37. The van der Waals surface area contributed by atoms with E-state index < -0.39 is 12.1 Å². The molecule has 0 N–H and O–H groups in total. The minimum absolute atomic E-state index is 0.148. The van der Waals surface area contributed by atoms with Crippen LogP contribution in [0.4, 0.5) is 0 Å². The van der Waals surface area contributed by atoms with Gasteiger partial charge in [-0.15, -0.1) is 0 Å². The van der Waals surface area contributed by atoms with Gasteiger partial charge >= 0.3 is 5.97 Å². The number of carbonyl (C=O) groups excluding carboxylic acids is 2. The van der Waals surface area contributed by atoms with Gasteiger partial charge in [-0.05, 0) is 25.1 Å². The number of amides is 1. The molecule has 6 nitrogen and oxygen atoms in total. The fourth-order valence-corrected chi connectivity index (χ4v) is 1.92. The van der Waals surface area contributed by atoms with E-state index in [1.807, 2.05) is 6.07 Å². The van der Waals surface area contributed by atoms with Gasteiger partial charge in [0.15, 0.2) is 6.10 Å². The summed E-state index contributed by atoms with van der Waals surface area (Å²) >= 11 is 5.86. The Labute approximate surface area is 134 Å². The first-order valence-electron chi connectivity index (χ1n) is 6.57. The first-order valence-corrected chi connectivity index (χ1v) is 6.95. The third kappa shape index (κ3) is 4.64. The predicted molar refractivity (Wildman–Crippen MR) is 80.7 cm³/mol. The summed E-state index contributed by atoms with van der Waals surface area (Å²) < 4.78 is 10.2. The van der Waals surface area contributed by atoms with Crippen LogP contribution in [-0.2, 0) is 9.53 Å². The lowest BCUT2D eigenvalue weighted by atomic mass is 10.2. The van der Waals surface area contributed by atoms with Crippen LogP contribution in [0.3, 0.4) is 0 Å². The average Bonchev–Trinajstić information content (AvgIpc) is 2.51. The molecule has 0 aromatic heterocycles. The summed E-state index contributed by atoms with van der Waals surface area (Å²) in [5.74, 6) is -0.773. The van der Waals surface area contributed by atoms with Crippen molar-refractivity contribution in [1.29, 1.82) is 5.26 Å². The normalized spacial score (nSPS) is 11.2. The number of hydrogen-bond donors (Lipinski definition) is 0. The number of ether oxygens (including phenoxy) is 2. The number of methoxy groups -OCH3 is 1. The van der Waals surface area contributed by atoms with E-state index in [2.05, 4.69) is 0 Å². The van der Waals surface area contributed by atoms with Crippen LogP contribution in [0.2, 0.25) is 5.02 Å². The molecular formula is C15H17ClN2O4. The number of nitriles is 1. The van der Waals surface area contributed by atoms with Crippen LogP contribution in [0.25, 0.3) is 0 Å². The van der Waals surface area contributed by atoms with Gasteiger partial charge in [-0.3, -0.25) is 4.79 Å². The first-order chi connectivity index (χ1) is 10.4. The highest BCUT2D eigenvalue weighted by molar-refractivity contribution is 6.31. The zero-order valence-electron chi connectivity index (χ0n) is 12.6. The fraction of sp³-hybridized carbons (Fsp3) is 0.400. The molecule has 1 atom stereocenters. The molecule has 0 heterocycles. The van der Waals surface area contributed by atoms with Crippen molar-refractivity contribution in [2.75, 3.05) is 20.7 Å². The molecule has 0 aliphatic carbocycles. The van der Waals surface area contributed by atoms with Crippen LogP contribution < -0.4 is 4.74 Å². The molecule has 0 fully saturated rings. The zero-order chi connectivity index (χ0) is 16.7. The van der Waals surface area contributed by atoms with Crippen molar-refractivity contribution in [3.8, 4) is 11.8 Å². The highest BCUT2D eigenvalue weighted by atomic mass is 35.5. The molecule has 0 saturated carbocycles. The molecule has 0 aliphatic rings. The van der Waals surface area contributed by atoms with E-state index in [0.717, 1.165) is 0 Å². The molecule has 7 heteroatoms. The predicted octanol–water partition coefficient (Wildman–Crippen LogP) is 2.27. The molecule has 0 bridgehead atoms. The number of likely N-dealkylation sites (N-methyl/N-ethyl adjacent to an activating group) is 1. The van der Waals surface area contributed by atoms with Gasteiger partial charge in [0, 0.05) is 18.6 Å². The van der Waals surface area contributed by atoms with E-state index in [1.165, 1.54) is 25.0 Å². The molecule has 0 saturated heterocycles. The lowest BCUT2D eigenvalue weighted by Gasteiger charge is -2.20. The quantitative estimate of drug-likeness (QED) is 0.750. The largest absolute Gasteiger partial charge is 0.496 e. The van der Waals surface area contributed by atoms with Crippen LogP contribution in [0.5, 0.6) is 5.75 Å². The summed E-state index contributed by atoms with van der Waals surface area (Å²) in [4.78, 5) is 25.5. The number of nitrogens with zero attached hydrogens (tertiary/aromatic N) is 2. The molecule has 0 spiro atoms. The van der Waals surface area contributed by atoms with Crippen LogP contribution in [-0.4, -0.2) is 43.6 Å². The third-order valence-corrected chi connectivity index (χ3v) is 3.18. The van der Waals surface area contributed by atoms with Crippen molar-refractivity contribution in [3.05, 3.63) is 28.8 Å². The van der Waals surface area contributed by atoms with Crippen molar-refractivity contribution in [1.82, 2.24) is 4.90 Å². The average molecular weight is 325 g/mol. The van der Waals surface area contributed by atoms with Gasteiger partial charge in [-0.1, -0.05) is 11.6 Å². The third-order valence-electron chi connectivity index (χ3n) is 2.95. The number of benzene rings is 1. The highest BCUT2D eigenvalue weighted by Gasteiger charge is 2.23. The van der Waals surface area contributed by atoms with Gasteiger partial charge in [-0.25, -0.2) is 4.79 Å². The Bertz CT molecular complexity index is 598. The van der Waals surface area contributed by atoms with E-state index >= 15 is 0 Å². The SMILES string of the molecule is COc1ccc(Cl)cc1C(=O)O[C@H](C)C(=O)N(C)CCC#N. The Hall–Kier alpha value is -2.26. The summed E-state index contributed by atoms with van der Waals surface area (Å²) in [7, 11) is 2.97. The van der Waals surface area contributed by atoms with Gasteiger partial charge in [0.1, 0.15) is 11.3 Å². The maximum Gasteiger partial charge on any atom is 0.342 e. The molecule has 118 valence electrons. The van der Waals surface area contributed by atoms with Crippen LogP contribution >= 0.6 is 11.6 Å². The van der Waals surface area contributed by atoms with Gasteiger partial charge < -0.3 is 14.4 Å². The number of esters is 1. The number of carbonyl (C=O) groups is 2. The summed E-state index contributed by atoms with van der Waals surface area (Å²) in [5.41, 5.74) is 0.148. The van der Waals surface area contributed by atoms with Crippen molar-refractivity contribution in [3.63, 3.8) is 0 Å². The van der Waals surface area contributed by atoms with E-state index in [-0.39, 0.29) is 24.4 Å². The lowest BCUT2D eigenvalue weighted by molar-refractivity contribution is -0.138. The molecule has 0 unspecified atom stereocenters. The molecule has 1 rings (SSSR count). The molecule has 1 amide bonds. The molecule has 1 aromatic carbocycles. The Morgan fingerprint density at radius 3 is 2.73 bits per heavy atom. The maximum absolute atomic E-state index is 12.1. The van der Waals surface area contributed by atoms with E-state index in [4.69, 9.17) is 26.3 Å². The van der Waals surface area contributed by atoms with Crippen LogP contribution in [0, 0.1) is 11.3 Å². The van der Waals surface area contributed by atoms with Gasteiger partial charge in [-0.2, -0.15) is 5.26 Å². The Morgan fingerprint density at radius 2 is 2.14 bits per heavy atom. The molecular weight excluding hydrogens is 308 g/mol. The highest BCUT2D eigenvalue weighted by Crippen LogP contribution is 2.23. The summed E-state index contributed by atoms with van der Waals surface area (Å²) in [5, 5.41) is 8.87. The minimum Gasteiger partial charge on any atom is -0.496 e. The number of halogens is 1. The Kier molecular flexibility index (Phi) is 6.67. The zero-order valence-corrected chi connectivity index (χ0v) is 13.4. The van der Waals surface area contributed by atoms with Crippen molar-refractivity contribution >= 4 is 23.5 Å². The number of rotatable bonds is 6. The Morgan fingerprint density at radius 1 is 1.45 bits per heavy atom. The van der Waals surface area contributed by atoms with Crippen molar-refractivity contribution in [2.24, 2.45) is 0 Å². The Balaban J connectivity index is 2.78. The molecule has 1 aromatic rings. The summed E-state index contributed by atoms with van der Waals surface area (Å²) in [6.45, 7) is 1.75. The van der Waals surface area contributed by atoms with Gasteiger partial charge in [0.25, 0.3) is 5.91 Å². The fourth-order valence-electron chi connectivity index (χ4n) is 1.75. The monoisotopic (exact) mass is 324 g/mol. The first kappa shape index (κ1) is 17.8. The van der Waals surface area contributed by atoms with E-state index in [1.54, 1.807) is 19.2 Å². The maximum atomic E-state index is 12.1. The standard InChI is InChI=1S/C15H17ClN2O4/c1-10(14(19)18(2)8-4-7-17)22-15(20)12-9-11(16)5-6-13(12)21-3/h5-6,9-10H,4,8H2,1-3H3/t10-/m1/s1. The summed E-state index contributed by atoms with van der Waals surface area (Å²) in [6.07, 6.45) is -0.759. The smallest absolute Gasteiger partial charge is 0.342 e. The topological polar surface area (TPSA) is 79.6 Å². The van der Waals surface area contributed by atoms with Crippen LogP contribution in [0.15, 0.2) is 18.2 Å². The minimum atomic E-state index is -0.972.